The van der Waals surface area contributed by atoms with Gasteiger partial charge in [-0.1, -0.05) is 0 Å². The zero-order chi connectivity index (χ0) is 9.68. The van der Waals surface area contributed by atoms with Crippen molar-refractivity contribution in [3.05, 3.63) is 24.0 Å². The number of hydrogen-bond donors (Lipinski definition) is 2. The molecule has 0 bridgehead atoms. The van der Waals surface area contributed by atoms with Crippen molar-refractivity contribution in [1.82, 2.24) is 4.98 Å². The van der Waals surface area contributed by atoms with E-state index >= 15 is 0 Å². The molecule has 0 aromatic carbocycles. The SMILES string of the molecule is Cc1cc(NCCC(C)N)ccn1. The van der Waals surface area contributed by atoms with E-state index in [0.29, 0.717) is 0 Å². The molecule has 0 spiro atoms. The lowest BCUT2D eigenvalue weighted by molar-refractivity contribution is 0.690. The molecule has 1 aromatic rings. The number of hydrogen-bond acceptors (Lipinski definition) is 3. The molecule has 1 rings (SSSR count). The molecule has 0 aliphatic heterocycles. The molecule has 0 aliphatic rings. The Balaban J connectivity index is 2.37. The summed E-state index contributed by atoms with van der Waals surface area (Å²) in [4.78, 5) is 4.12. The van der Waals surface area contributed by atoms with Gasteiger partial charge < -0.3 is 11.1 Å². The van der Waals surface area contributed by atoms with Crippen molar-refractivity contribution >= 4 is 5.69 Å². The van der Waals surface area contributed by atoms with Gasteiger partial charge >= 0.3 is 0 Å². The summed E-state index contributed by atoms with van der Waals surface area (Å²) in [6, 6.07) is 4.26. The predicted octanol–water partition coefficient (Wildman–Crippen LogP) is 1.54. The fourth-order valence-electron chi connectivity index (χ4n) is 1.10. The van der Waals surface area contributed by atoms with Gasteiger partial charge in [0.1, 0.15) is 0 Å². The van der Waals surface area contributed by atoms with Crippen LogP contribution in [0.2, 0.25) is 0 Å². The molecule has 1 unspecified atom stereocenters. The minimum atomic E-state index is 0.260. The molecule has 13 heavy (non-hydrogen) atoms. The number of nitrogens with zero attached hydrogens (tertiary/aromatic N) is 1. The van der Waals surface area contributed by atoms with E-state index in [9.17, 15) is 0 Å². The minimum absolute atomic E-state index is 0.260. The first-order valence-corrected chi connectivity index (χ1v) is 4.60. The highest BCUT2D eigenvalue weighted by molar-refractivity contribution is 5.42. The van der Waals surface area contributed by atoms with Crippen LogP contribution in [-0.4, -0.2) is 17.6 Å². The maximum absolute atomic E-state index is 5.63. The van der Waals surface area contributed by atoms with Crippen LogP contribution >= 0.6 is 0 Å². The number of aryl methyl sites for hydroxylation is 1. The number of pyridine rings is 1. The average Bonchev–Trinajstić information content (AvgIpc) is 2.03. The summed E-state index contributed by atoms with van der Waals surface area (Å²) in [6.45, 7) is 4.91. The Bertz CT molecular complexity index is 258. The maximum atomic E-state index is 5.63. The van der Waals surface area contributed by atoms with Gasteiger partial charge in [0.05, 0.1) is 0 Å². The lowest BCUT2D eigenvalue weighted by atomic mass is 10.2. The molecule has 1 heterocycles. The number of anilines is 1. The third-order valence-corrected chi connectivity index (χ3v) is 1.83. The van der Waals surface area contributed by atoms with Crippen LogP contribution in [0.5, 0.6) is 0 Å². The molecule has 0 amide bonds. The zero-order valence-electron chi connectivity index (χ0n) is 8.25. The molecule has 0 saturated carbocycles. The van der Waals surface area contributed by atoms with E-state index in [-0.39, 0.29) is 6.04 Å². The first-order chi connectivity index (χ1) is 6.18. The van der Waals surface area contributed by atoms with E-state index in [1.54, 1.807) is 0 Å². The maximum Gasteiger partial charge on any atom is 0.0393 e. The van der Waals surface area contributed by atoms with Gasteiger partial charge in [0.15, 0.2) is 0 Å². The number of nitrogens with one attached hydrogen (secondary N) is 1. The summed E-state index contributed by atoms with van der Waals surface area (Å²) in [6.07, 6.45) is 2.80. The van der Waals surface area contributed by atoms with Crippen molar-refractivity contribution in [3.63, 3.8) is 0 Å². The van der Waals surface area contributed by atoms with Crippen LogP contribution in [0, 0.1) is 6.92 Å². The highest BCUT2D eigenvalue weighted by atomic mass is 14.9. The van der Waals surface area contributed by atoms with Crippen LogP contribution in [0.1, 0.15) is 19.0 Å². The molecule has 3 heteroatoms. The molecule has 1 aromatic heterocycles. The Morgan fingerprint density at radius 3 is 3.00 bits per heavy atom. The normalized spacial score (nSPS) is 12.5. The smallest absolute Gasteiger partial charge is 0.0393 e. The predicted molar refractivity (Wildman–Crippen MR) is 55.7 cm³/mol. The van der Waals surface area contributed by atoms with Gasteiger partial charge in [0.2, 0.25) is 0 Å². The third kappa shape index (κ3) is 3.90. The summed E-state index contributed by atoms with van der Waals surface area (Å²) in [5.74, 6) is 0. The average molecular weight is 179 g/mol. The second kappa shape index (κ2) is 4.82. The van der Waals surface area contributed by atoms with Crippen LogP contribution in [0.25, 0.3) is 0 Å². The van der Waals surface area contributed by atoms with E-state index < -0.39 is 0 Å². The lowest BCUT2D eigenvalue weighted by Gasteiger charge is -2.08. The van der Waals surface area contributed by atoms with E-state index in [4.69, 9.17) is 5.73 Å². The Labute approximate surface area is 79.4 Å². The third-order valence-electron chi connectivity index (χ3n) is 1.83. The molecule has 0 fully saturated rings. The van der Waals surface area contributed by atoms with Crippen molar-refractivity contribution in [2.45, 2.75) is 26.3 Å². The van der Waals surface area contributed by atoms with E-state index in [1.165, 1.54) is 0 Å². The highest BCUT2D eigenvalue weighted by Gasteiger charge is 1.95. The Hall–Kier alpha value is -1.09. The number of nitrogens with two attached hydrogens (primary N) is 1. The van der Waals surface area contributed by atoms with Crippen molar-refractivity contribution in [2.24, 2.45) is 5.73 Å². The molecule has 3 N–H and O–H groups in total. The van der Waals surface area contributed by atoms with Crippen molar-refractivity contribution in [2.75, 3.05) is 11.9 Å². The first kappa shape index (κ1) is 9.99. The largest absolute Gasteiger partial charge is 0.385 e. The van der Waals surface area contributed by atoms with Crippen LogP contribution in [0.15, 0.2) is 18.3 Å². The monoisotopic (exact) mass is 179 g/mol. The van der Waals surface area contributed by atoms with Crippen LogP contribution in [0.3, 0.4) is 0 Å². The van der Waals surface area contributed by atoms with Gasteiger partial charge in [-0.05, 0) is 32.4 Å². The second-order valence-electron chi connectivity index (χ2n) is 3.38. The molecular weight excluding hydrogens is 162 g/mol. The summed E-state index contributed by atoms with van der Waals surface area (Å²) < 4.78 is 0. The van der Waals surface area contributed by atoms with Crippen molar-refractivity contribution in [3.8, 4) is 0 Å². The Morgan fingerprint density at radius 2 is 2.38 bits per heavy atom. The second-order valence-corrected chi connectivity index (χ2v) is 3.38. The number of aromatic nitrogens is 1. The van der Waals surface area contributed by atoms with Crippen LogP contribution < -0.4 is 11.1 Å². The molecule has 3 nitrogen and oxygen atoms in total. The quantitative estimate of drug-likeness (QED) is 0.737. The van der Waals surface area contributed by atoms with Crippen molar-refractivity contribution < 1.29 is 0 Å². The molecule has 1 atom stereocenters. The minimum Gasteiger partial charge on any atom is -0.385 e. The van der Waals surface area contributed by atoms with E-state index in [0.717, 1.165) is 24.3 Å². The van der Waals surface area contributed by atoms with Gasteiger partial charge in [-0.25, -0.2) is 0 Å². The summed E-state index contributed by atoms with van der Waals surface area (Å²) in [5.41, 5.74) is 7.79. The zero-order valence-corrected chi connectivity index (χ0v) is 8.25. The summed E-state index contributed by atoms with van der Waals surface area (Å²) >= 11 is 0. The highest BCUT2D eigenvalue weighted by Crippen LogP contribution is 2.06. The molecule has 0 saturated heterocycles. The van der Waals surface area contributed by atoms with Crippen LogP contribution in [-0.2, 0) is 0 Å². The molecule has 0 radical (unpaired) electrons. The fourth-order valence-corrected chi connectivity index (χ4v) is 1.10. The summed E-state index contributed by atoms with van der Waals surface area (Å²) in [7, 11) is 0. The van der Waals surface area contributed by atoms with Gasteiger partial charge in [0, 0.05) is 30.2 Å². The summed E-state index contributed by atoms with van der Waals surface area (Å²) in [5, 5.41) is 3.30. The first-order valence-electron chi connectivity index (χ1n) is 4.60. The van der Waals surface area contributed by atoms with E-state index in [1.807, 2.05) is 32.2 Å². The molecule has 72 valence electrons. The van der Waals surface area contributed by atoms with Gasteiger partial charge in [-0.15, -0.1) is 0 Å². The van der Waals surface area contributed by atoms with Gasteiger partial charge in [0.25, 0.3) is 0 Å². The molecule has 0 aliphatic carbocycles. The molecular formula is C10H17N3. The number of rotatable bonds is 4. The van der Waals surface area contributed by atoms with Gasteiger partial charge in [-0.2, -0.15) is 0 Å². The topological polar surface area (TPSA) is 50.9 Å². The van der Waals surface area contributed by atoms with Crippen molar-refractivity contribution in [1.29, 1.82) is 0 Å². The van der Waals surface area contributed by atoms with E-state index in [2.05, 4.69) is 10.3 Å². The Morgan fingerprint density at radius 1 is 1.62 bits per heavy atom. The van der Waals surface area contributed by atoms with Crippen LogP contribution in [0.4, 0.5) is 5.69 Å². The van der Waals surface area contributed by atoms with Gasteiger partial charge in [-0.3, -0.25) is 4.98 Å². The lowest BCUT2D eigenvalue weighted by Crippen LogP contribution is -2.19. The fraction of sp³-hybridized carbons (Fsp3) is 0.500. The standard InChI is InChI=1S/C10H17N3/c1-8(11)3-5-13-10-4-6-12-9(2)7-10/h4,6-8H,3,5,11H2,1-2H3,(H,12,13). The Kier molecular flexibility index (Phi) is 3.71.